The van der Waals surface area contributed by atoms with E-state index in [0.717, 1.165) is 68.4 Å². The summed E-state index contributed by atoms with van der Waals surface area (Å²) in [5.74, 6) is 4.25. The lowest BCUT2D eigenvalue weighted by Crippen LogP contribution is -2.24. The minimum Gasteiger partial charge on any atom is -0.381 e. The summed E-state index contributed by atoms with van der Waals surface area (Å²) >= 11 is 1.73. The van der Waals surface area contributed by atoms with Crippen LogP contribution in [0.3, 0.4) is 0 Å². The lowest BCUT2D eigenvalue weighted by Gasteiger charge is -2.19. The van der Waals surface area contributed by atoms with Crippen molar-refractivity contribution in [3.8, 4) is 0 Å². The van der Waals surface area contributed by atoms with Crippen LogP contribution in [0.25, 0.3) is 10.2 Å². The van der Waals surface area contributed by atoms with Crippen molar-refractivity contribution in [1.29, 1.82) is 0 Å². The minimum atomic E-state index is 0.601. The van der Waals surface area contributed by atoms with E-state index >= 15 is 0 Å². The fraction of sp³-hybridized carbons (Fsp3) is 0.667. The quantitative estimate of drug-likeness (QED) is 0.921. The Labute approximate surface area is 146 Å². The molecule has 5 nitrogen and oxygen atoms in total. The zero-order valence-corrected chi connectivity index (χ0v) is 14.7. The molecule has 0 spiro atoms. The molecule has 5 rings (SSSR count). The minimum absolute atomic E-state index is 0.601. The molecule has 2 aromatic heterocycles. The Morgan fingerprint density at radius 3 is 2.88 bits per heavy atom. The average Bonchev–Trinajstić information content (AvgIpc) is 3.35. The highest BCUT2D eigenvalue weighted by molar-refractivity contribution is 7.17. The fourth-order valence-electron chi connectivity index (χ4n) is 4.50. The molecule has 6 heteroatoms. The van der Waals surface area contributed by atoms with Gasteiger partial charge in [0.2, 0.25) is 5.95 Å². The van der Waals surface area contributed by atoms with E-state index in [1.165, 1.54) is 24.0 Å². The number of hydrogen-bond acceptors (Lipinski definition) is 6. The van der Waals surface area contributed by atoms with Gasteiger partial charge in [0.1, 0.15) is 5.82 Å². The van der Waals surface area contributed by atoms with Gasteiger partial charge in [-0.25, -0.2) is 4.98 Å². The molecule has 1 saturated carbocycles. The molecular weight excluding hydrogens is 320 g/mol. The van der Waals surface area contributed by atoms with Gasteiger partial charge in [0.15, 0.2) is 0 Å². The van der Waals surface area contributed by atoms with Crippen molar-refractivity contribution in [3.05, 3.63) is 11.4 Å². The lowest BCUT2D eigenvalue weighted by atomic mass is 10.0. The Hall–Kier alpha value is -1.40. The molecule has 4 heterocycles. The molecule has 0 aromatic carbocycles. The summed E-state index contributed by atoms with van der Waals surface area (Å²) < 4.78 is 6.66. The van der Waals surface area contributed by atoms with Gasteiger partial charge >= 0.3 is 0 Å². The van der Waals surface area contributed by atoms with Gasteiger partial charge < -0.3 is 15.0 Å². The monoisotopic (exact) mass is 344 g/mol. The van der Waals surface area contributed by atoms with Gasteiger partial charge in [-0.2, -0.15) is 4.98 Å². The summed E-state index contributed by atoms with van der Waals surface area (Å²) in [5.41, 5.74) is 1.08. The topological polar surface area (TPSA) is 50.3 Å². The van der Waals surface area contributed by atoms with Gasteiger partial charge in [-0.05, 0) is 42.5 Å². The van der Waals surface area contributed by atoms with Crippen LogP contribution in [0.1, 0.15) is 25.7 Å². The molecular formula is C18H24N4OS. The van der Waals surface area contributed by atoms with Crippen molar-refractivity contribution in [2.75, 3.05) is 43.1 Å². The van der Waals surface area contributed by atoms with E-state index in [1.54, 1.807) is 11.3 Å². The van der Waals surface area contributed by atoms with Gasteiger partial charge in [-0.3, -0.25) is 0 Å². The Balaban J connectivity index is 1.40. The molecule has 2 aliphatic heterocycles. The molecule has 1 aliphatic carbocycles. The molecule has 2 aromatic rings. The number of nitrogens with zero attached hydrogens (tertiary/aromatic N) is 3. The highest BCUT2D eigenvalue weighted by Crippen LogP contribution is 2.39. The summed E-state index contributed by atoms with van der Waals surface area (Å²) in [7, 11) is 0. The molecule has 0 amide bonds. The number of anilines is 2. The second kappa shape index (κ2) is 6.15. The van der Waals surface area contributed by atoms with Gasteiger partial charge in [0.05, 0.1) is 16.8 Å². The van der Waals surface area contributed by atoms with E-state index in [-0.39, 0.29) is 0 Å². The summed E-state index contributed by atoms with van der Waals surface area (Å²) in [5, 5.41) is 5.70. The first-order valence-corrected chi connectivity index (χ1v) is 10.1. The maximum atomic E-state index is 5.49. The molecule has 128 valence electrons. The molecule has 0 bridgehead atoms. The second-order valence-corrected chi connectivity index (χ2v) is 8.39. The highest BCUT2D eigenvalue weighted by Gasteiger charge is 2.37. The first-order chi connectivity index (χ1) is 11.9. The number of rotatable bonds is 4. The third kappa shape index (κ3) is 2.65. The number of aromatic nitrogens is 2. The van der Waals surface area contributed by atoms with Gasteiger partial charge in [-0.15, -0.1) is 11.3 Å². The lowest BCUT2D eigenvalue weighted by molar-refractivity contribution is 0.187. The van der Waals surface area contributed by atoms with Crippen molar-refractivity contribution in [3.63, 3.8) is 0 Å². The van der Waals surface area contributed by atoms with Crippen molar-refractivity contribution in [2.45, 2.75) is 25.7 Å². The molecule has 1 N–H and O–H groups in total. The predicted octanol–water partition coefficient (Wildman–Crippen LogP) is 3.38. The van der Waals surface area contributed by atoms with Crippen LogP contribution in [0.2, 0.25) is 0 Å². The highest BCUT2D eigenvalue weighted by atomic mass is 32.1. The summed E-state index contributed by atoms with van der Waals surface area (Å²) in [4.78, 5) is 12.2. The van der Waals surface area contributed by atoms with Gasteiger partial charge in [0.25, 0.3) is 0 Å². The number of ether oxygens (including phenoxy) is 1. The van der Waals surface area contributed by atoms with Crippen LogP contribution in [-0.2, 0) is 4.74 Å². The Bertz CT molecular complexity index is 715. The number of nitrogens with one attached hydrogen (secondary N) is 1. The first kappa shape index (κ1) is 14.9. The van der Waals surface area contributed by atoms with Crippen LogP contribution < -0.4 is 10.2 Å². The number of hydrogen-bond donors (Lipinski definition) is 1. The summed E-state index contributed by atoms with van der Waals surface area (Å²) in [6, 6.07) is 2.12. The normalized spacial score (nSPS) is 29.5. The van der Waals surface area contributed by atoms with E-state index < -0.39 is 0 Å². The molecule has 3 atom stereocenters. The number of thiophene rings is 1. The molecule has 3 aliphatic rings. The van der Waals surface area contributed by atoms with Gasteiger partial charge in [-0.1, -0.05) is 6.42 Å². The molecule has 0 radical (unpaired) electrons. The van der Waals surface area contributed by atoms with Crippen LogP contribution in [0.5, 0.6) is 0 Å². The van der Waals surface area contributed by atoms with Crippen LogP contribution in [0.4, 0.5) is 11.8 Å². The SMILES string of the molecule is c1cc2nc(N3C[C@H]4CCC[C@H]4C3)nc(NC[C@@H]3CCOC3)c2s1. The second-order valence-electron chi connectivity index (χ2n) is 7.47. The molecule has 0 unspecified atom stereocenters. The molecule has 24 heavy (non-hydrogen) atoms. The Morgan fingerprint density at radius 2 is 2.08 bits per heavy atom. The Kier molecular flexibility index (Phi) is 3.82. The van der Waals surface area contributed by atoms with Crippen LogP contribution in [0, 0.1) is 17.8 Å². The van der Waals surface area contributed by atoms with Crippen molar-refractivity contribution < 1.29 is 4.74 Å². The van der Waals surface area contributed by atoms with Crippen molar-refractivity contribution in [1.82, 2.24) is 9.97 Å². The van der Waals surface area contributed by atoms with Crippen LogP contribution in [0.15, 0.2) is 11.4 Å². The summed E-state index contributed by atoms with van der Waals surface area (Å²) in [6.45, 7) is 4.97. The van der Waals surface area contributed by atoms with Crippen molar-refractivity contribution in [2.24, 2.45) is 17.8 Å². The predicted molar refractivity (Wildman–Crippen MR) is 97.9 cm³/mol. The largest absolute Gasteiger partial charge is 0.381 e. The third-order valence-corrected chi connectivity index (χ3v) is 6.79. The van der Waals surface area contributed by atoms with E-state index in [9.17, 15) is 0 Å². The molecule has 2 saturated heterocycles. The zero-order valence-electron chi connectivity index (χ0n) is 13.9. The average molecular weight is 344 g/mol. The maximum Gasteiger partial charge on any atom is 0.227 e. The van der Waals surface area contributed by atoms with Gasteiger partial charge in [0, 0.05) is 32.2 Å². The van der Waals surface area contributed by atoms with E-state index in [2.05, 4.69) is 21.7 Å². The Morgan fingerprint density at radius 1 is 1.21 bits per heavy atom. The molecule has 3 fully saturated rings. The van der Waals surface area contributed by atoms with Crippen molar-refractivity contribution >= 4 is 33.3 Å². The van der Waals surface area contributed by atoms with E-state index in [0.29, 0.717) is 5.92 Å². The summed E-state index contributed by atoms with van der Waals surface area (Å²) in [6.07, 6.45) is 5.32. The van der Waals surface area contributed by atoms with E-state index in [1.807, 2.05) is 0 Å². The maximum absolute atomic E-state index is 5.49. The number of fused-ring (bicyclic) bond motifs is 2. The van der Waals surface area contributed by atoms with Crippen LogP contribution >= 0.6 is 11.3 Å². The zero-order chi connectivity index (χ0) is 15.9. The van der Waals surface area contributed by atoms with Crippen LogP contribution in [-0.4, -0.2) is 42.8 Å². The third-order valence-electron chi connectivity index (χ3n) is 5.88. The smallest absolute Gasteiger partial charge is 0.227 e. The fourth-order valence-corrected chi connectivity index (χ4v) is 5.29. The first-order valence-electron chi connectivity index (χ1n) is 9.18. The standard InChI is InChI=1S/C18H24N4OS/c1-2-13-9-22(10-14(13)3-1)18-20-15-5-7-24-16(15)17(21-18)19-8-12-4-6-23-11-12/h5,7,12-14H,1-4,6,8-11H2,(H,19,20,21)/t12-,13-,14+/m0/s1. The van der Waals surface area contributed by atoms with E-state index in [4.69, 9.17) is 14.7 Å².